The summed E-state index contributed by atoms with van der Waals surface area (Å²) in [5.74, 6) is 0.218. The van der Waals surface area contributed by atoms with Crippen LogP contribution in [0, 0.1) is 17.6 Å². The van der Waals surface area contributed by atoms with Gasteiger partial charge in [-0.1, -0.05) is 13.8 Å². The van der Waals surface area contributed by atoms with E-state index in [0.717, 1.165) is 45.3 Å². The van der Waals surface area contributed by atoms with E-state index in [-0.39, 0.29) is 0 Å². The van der Waals surface area contributed by atoms with Gasteiger partial charge in [-0.3, -0.25) is 9.89 Å². The lowest BCUT2D eigenvalue weighted by Crippen LogP contribution is -2.51. The van der Waals surface area contributed by atoms with E-state index < -0.39 is 11.6 Å². The van der Waals surface area contributed by atoms with Crippen molar-refractivity contribution in [2.45, 2.75) is 32.7 Å². The molecular formula is C20H32F2N4O. The number of hydrogen-bond acceptors (Lipinski definition) is 3. The van der Waals surface area contributed by atoms with E-state index in [2.05, 4.69) is 34.4 Å². The Bertz CT molecular complexity index is 583. The van der Waals surface area contributed by atoms with Crippen LogP contribution in [0.2, 0.25) is 0 Å². The Morgan fingerprint density at radius 3 is 2.41 bits per heavy atom. The van der Waals surface area contributed by atoms with E-state index in [0.29, 0.717) is 36.4 Å². The molecule has 0 saturated carbocycles. The predicted molar refractivity (Wildman–Crippen MR) is 105 cm³/mol. The van der Waals surface area contributed by atoms with Crippen molar-refractivity contribution >= 4 is 5.96 Å². The first-order chi connectivity index (χ1) is 13.0. The number of ether oxygens (including phenoxy) is 1. The Morgan fingerprint density at radius 2 is 1.81 bits per heavy atom. The molecule has 0 amide bonds. The fraction of sp³-hybridized carbons (Fsp3) is 0.650. The van der Waals surface area contributed by atoms with Crippen molar-refractivity contribution in [3.05, 3.63) is 35.4 Å². The second kappa shape index (κ2) is 11.2. The van der Waals surface area contributed by atoms with Crippen LogP contribution in [-0.4, -0.2) is 63.3 Å². The molecule has 2 N–H and O–H groups in total. The van der Waals surface area contributed by atoms with Crippen molar-refractivity contribution in [1.29, 1.82) is 0 Å². The largest absolute Gasteiger partial charge is 0.379 e. The highest BCUT2D eigenvalue weighted by Gasteiger charge is 2.22. The molecule has 0 bridgehead atoms. The summed E-state index contributed by atoms with van der Waals surface area (Å²) in [4.78, 5) is 6.73. The first kappa shape index (κ1) is 21.6. The van der Waals surface area contributed by atoms with Gasteiger partial charge in [0.1, 0.15) is 11.6 Å². The lowest BCUT2D eigenvalue weighted by molar-refractivity contribution is 0.0132. The number of morpholine rings is 1. The molecule has 1 aromatic rings. The maximum atomic E-state index is 13.3. The normalized spacial score (nSPS) is 17.2. The number of hydrogen-bond donors (Lipinski definition) is 2. The van der Waals surface area contributed by atoms with Crippen molar-refractivity contribution in [2.75, 3.05) is 46.4 Å². The van der Waals surface area contributed by atoms with Gasteiger partial charge in [0, 0.05) is 45.3 Å². The number of nitrogens with one attached hydrogen (secondary N) is 2. The van der Waals surface area contributed by atoms with Crippen molar-refractivity contribution < 1.29 is 13.5 Å². The van der Waals surface area contributed by atoms with Crippen LogP contribution in [0.3, 0.4) is 0 Å². The number of benzene rings is 1. The molecule has 0 radical (unpaired) electrons. The highest BCUT2D eigenvalue weighted by molar-refractivity contribution is 5.79. The van der Waals surface area contributed by atoms with Crippen LogP contribution in [0.4, 0.5) is 8.78 Å². The maximum absolute atomic E-state index is 13.3. The van der Waals surface area contributed by atoms with Crippen LogP contribution in [-0.2, 0) is 11.2 Å². The number of rotatable bonds is 8. The molecule has 5 nitrogen and oxygen atoms in total. The Kier molecular flexibility index (Phi) is 8.94. The second-order valence-corrected chi connectivity index (χ2v) is 7.34. The average molecular weight is 382 g/mol. The summed E-state index contributed by atoms with van der Waals surface area (Å²) >= 11 is 0. The minimum Gasteiger partial charge on any atom is -0.379 e. The molecule has 1 aliphatic rings. The smallest absolute Gasteiger partial charge is 0.191 e. The molecule has 0 aliphatic carbocycles. The standard InChI is InChI=1S/C20H32F2N4O/c1-15(2)10-19(26-6-8-27-9-7-26)14-25-20(23-3)24-5-4-16-11-17(21)13-18(22)12-16/h11-13,15,19H,4-10,14H2,1-3H3,(H2,23,24,25). The van der Waals surface area contributed by atoms with Gasteiger partial charge in [0.15, 0.2) is 5.96 Å². The fourth-order valence-corrected chi connectivity index (χ4v) is 3.36. The van der Waals surface area contributed by atoms with Crippen molar-refractivity contribution in [2.24, 2.45) is 10.9 Å². The molecule has 1 unspecified atom stereocenters. The molecule has 1 heterocycles. The summed E-state index contributed by atoms with van der Waals surface area (Å²) < 4.78 is 32.0. The summed E-state index contributed by atoms with van der Waals surface area (Å²) in [5, 5.41) is 6.61. The van der Waals surface area contributed by atoms with Crippen molar-refractivity contribution in [1.82, 2.24) is 15.5 Å². The van der Waals surface area contributed by atoms with Gasteiger partial charge in [-0.15, -0.1) is 0 Å². The van der Waals surface area contributed by atoms with E-state index in [1.54, 1.807) is 7.05 Å². The molecular weight excluding hydrogens is 350 g/mol. The molecule has 1 aliphatic heterocycles. The molecule has 1 saturated heterocycles. The van der Waals surface area contributed by atoms with Crippen LogP contribution in [0.15, 0.2) is 23.2 Å². The first-order valence-corrected chi connectivity index (χ1v) is 9.69. The van der Waals surface area contributed by atoms with Gasteiger partial charge in [0.05, 0.1) is 13.2 Å². The maximum Gasteiger partial charge on any atom is 0.191 e. The summed E-state index contributed by atoms with van der Waals surface area (Å²) in [6.07, 6.45) is 1.63. The van der Waals surface area contributed by atoms with Gasteiger partial charge in [-0.05, 0) is 36.5 Å². The van der Waals surface area contributed by atoms with Gasteiger partial charge < -0.3 is 15.4 Å². The molecule has 1 fully saturated rings. The van der Waals surface area contributed by atoms with E-state index in [9.17, 15) is 8.78 Å². The van der Waals surface area contributed by atoms with Crippen molar-refractivity contribution in [3.8, 4) is 0 Å². The van der Waals surface area contributed by atoms with Gasteiger partial charge in [-0.25, -0.2) is 8.78 Å². The molecule has 0 spiro atoms. The molecule has 1 aromatic carbocycles. The Hall–Kier alpha value is -1.73. The van der Waals surface area contributed by atoms with E-state index in [4.69, 9.17) is 4.74 Å². The molecule has 7 heteroatoms. The SMILES string of the molecule is CN=C(NCCc1cc(F)cc(F)c1)NCC(CC(C)C)N1CCOCC1. The van der Waals surface area contributed by atoms with Crippen molar-refractivity contribution in [3.63, 3.8) is 0 Å². The highest BCUT2D eigenvalue weighted by atomic mass is 19.1. The predicted octanol–water partition coefficient (Wildman–Crippen LogP) is 2.42. The lowest BCUT2D eigenvalue weighted by atomic mass is 10.0. The van der Waals surface area contributed by atoms with Crippen LogP contribution in [0.5, 0.6) is 0 Å². The van der Waals surface area contributed by atoms with Crippen LogP contribution in [0.25, 0.3) is 0 Å². The van der Waals surface area contributed by atoms with E-state index >= 15 is 0 Å². The number of aliphatic imine (C=N–C) groups is 1. The molecule has 2 rings (SSSR count). The lowest BCUT2D eigenvalue weighted by Gasteiger charge is -2.35. The van der Waals surface area contributed by atoms with Crippen LogP contribution in [0.1, 0.15) is 25.8 Å². The summed E-state index contributed by atoms with van der Waals surface area (Å²) in [7, 11) is 1.73. The number of guanidine groups is 1. The molecule has 27 heavy (non-hydrogen) atoms. The third-order valence-electron chi connectivity index (χ3n) is 4.66. The highest BCUT2D eigenvalue weighted by Crippen LogP contribution is 2.13. The van der Waals surface area contributed by atoms with Gasteiger partial charge in [-0.2, -0.15) is 0 Å². The molecule has 152 valence electrons. The Labute approximate surface area is 161 Å². The quantitative estimate of drug-likeness (QED) is 0.536. The average Bonchev–Trinajstić information content (AvgIpc) is 2.63. The second-order valence-electron chi connectivity index (χ2n) is 7.34. The van der Waals surface area contributed by atoms with E-state index in [1.165, 1.54) is 12.1 Å². The number of halogens is 2. The minimum absolute atomic E-state index is 0.421. The monoisotopic (exact) mass is 382 g/mol. The summed E-state index contributed by atoms with van der Waals surface area (Å²) in [6, 6.07) is 4.03. The zero-order valence-corrected chi connectivity index (χ0v) is 16.6. The van der Waals surface area contributed by atoms with E-state index in [1.807, 2.05) is 0 Å². The zero-order chi connectivity index (χ0) is 19.6. The zero-order valence-electron chi connectivity index (χ0n) is 16.6. The third kappa shape index (κ3) is 7.81. The summed E-state index contributed by atoms with van der Waals surface area (Å²) in [5.41, 5.74) is 0.626. The summed E-state index contributed by atoms with van der Waals surface area (Å²) in [6.45, 7) is 9.29. The van der Waals surface area contributed by atoms with Crippen LogP contribution < -0.4 is 10.6 Å². The molecule has 1 atom stereocenters. The topological polar surface area (TPSA) is 48.9 Å². The van der Waals surface area contributed by atoms with Gasteiger partial charge in [0.2, 0.25) is 0 Å². The Morgan fingerprint density at radius 1 is 1.15 bits per heavy atom. The van der Waals surface area contributed by atoms with Gasteiger partial charge in [0.25, 0.3) is 0 Å². The fourth-order valence-electron chi connectivity index (χ4n) is 3.36. The third-order valence-corrected chi connectivity index (χ3v) is 4.66. The number of nitrogens with zero attached hydrogens (tertiary/aromatic N) is 2. The minimum atomic E-state index is -0.547. The molecule has 0 aromatic heterocycles. The first-order valence-electron chi connectivity index (χ1n) is 9.69. The van der Waals surface area contributed by atoms with Crippen LogP contribution >= 0.6 is 0 Å². The Balaban J connectivity index is 1.81. The van der Waals surface area contributed by atoms with Gasteiger partial charge >= 0.3 is 0 Å².